The summed E-state index contributed by atoms with van der Waals surface area (Å²) in [6, 6.07) is 0. The molecule has 2 heteroatoms. The van der Waals surface area contributed by atoms with Crippen molar-refractivity contribution < 1.29 is 4.79 Å². The van der Waals surface area contributed by atoms with Gasteiger partial charge in [-0.05, 0) is 6.42 Å². The van der Waals surface area contributed by atoms with Gasteiger partial charge in [0.1, 0.15) is 0 Å². The van der Waals surface area contributed by atoms with Crippen LogP contribution in [0.25, 0.3) is 0 Å². The minimum Gasteiger partial charge on any atom is -0.342 e. The molecule has 0 aromatic heterocycles. The number of likely N-dealkylation sites (tertiary alicyclic amines) is 1. The molecule has 0 aromatic rings. The van der Waals surface area contributed by atoms with Crippen LogP contribution in [0.4, 0.5) is 0 Å². The Balaban J connectivity index is 1.98. The number of unbranched alkanes of at least 4 members (excludes halogenated alkanes) is 2. The van der Waals surface area contributed by atoms with Crippen molar-refractivity contribution in [3.63, 3.8) is 0 Å². The summed E-state index contributed by atoms with van der Waals surface area (Å²) >= 11 is 0. The van der Waals surface area contributed by atoms with E-state index in [1.165, 1.54) is 19.3 Å². The highest BCUT2D eigenvalue weighted by Crippen LogP contribution is 2.09. The van der Waals surface area contributed by atoms with Gasteiger partial charge in [0.05, 0.1) is 0 Å². The summed E-state index contributed by atoms with van der Waals surface area (Å²) in [7, 11) is 0. The molecular formula is C8H15NO. The fraction of sp³-hybridized carbons (Fsp3) is 0.875. The van der Waals surface area contributed by atoms with E-state index in [1.807, 2.05) is 4.90 Å². The summed E-state index contributed by atoms with van der Waals surface area (Å²) in [5.74, 6) is 0.344. The molecule has 1 saturated heterocycles. The predicted molar refractivity (Wildman–Crippen MR) is 40.7 cm³/mol. The van der Waals surface area contributed by atoms with Crippen molar-refractivity contribution in [2.24, 2.45) is 0 Å². The van der Waals surface area contributed by atoms with Crippen LogP contribution >= 0.6 is 0 Å². The first-order valence-electron chi connectivity index (χ1n) is 4.12. The minimum atomic E-state index is 0.344. The normalized spacial score (nSPS) is 17.3. The lowest BCUT2D eigenvalue weighted by atomic mass is 10.1. The van der Waals surface area contributed by atoms with E-state index in [2.05, 4.69) is 6.92 Å². The van der Waals surface area contributed by atoms with Gasteiger partial charge in [-0.15, -0.1) is 0 Å². The van der Waals surface area contributed by atoms with E-state index in [0.717, 1.165) is 19.5 Å². The van der Waals surface area contributed by atoms with Crippen molar-refractivity contribution in [1.29, 1.82) is 0 Å². The standard InChI is InChI=1S/C8H15NO/c1-2-3-4-6-9-7-5-8(9)10/h2-7H2,1H3. The molecule has 10 heavy (non-hydrogen) atoms. The molecule has 2 nitrogen and oxygen atoms in total. The number of hydrogen-bond acceptors (Lipinski definition) is 1. The van der Waals surface area contributed by atoms with Crippen molar-refractivity contribution in [1.82, 2.24) is 4.90 Å². The van der Waals surface area contributed by atoms with Gasteiger partial charge in [-0.25, -0.2) is 0 Å². The summed E-state index contributed by atoms with van der Waals surface area (Å²) in [5.41, 5.74) is 0. The van der Waals surface area contributed by atoms with Gasteiger partial charge in [0.25, 0.3) is 0 Å². The summed E-state index contributed by atoms with van der Waals surface area (Å²) < 4.78 is 0. The summed E-state index contributed by atoms with van der Waals surface area (Å²) in [6.45, 7) is 4.17. The monoisotopic (exact) mass is 141 g/mol. The number of nitrogens with zero attached hydrogens (tertiary/aromatic N) is 1. The Morgan fingerprint density at radius 3 is 2.70 bits per heavy atom. The van der Waals surface area contributed by atoms with E-state index in [9.17, 15) is 4.79 Å². The SMILES string of the molecule is CCCCCN1CCC1=O. The first-order valence-corrected chi connectivity index (χ1v) is 4.12. The maximum atomic E-state index is 10.8. The Hall–Kier alpha value is -0.530. The molecule has 1 amide bonds. The maximum absolute atomic E-state index is 10.8. The molecule has 0 radical (unpaired) electrons. The van der Waals surface area contributed by atoms with Crippen molar-refractivity contribution in [3.05, 3.63) is 0 Å². The quantitative estimate of drug-likeness (QED) is 0.428. The lowest BCUT2D eigenvalue weighted by Gasteiger charge is -2.30. The summed E-state index contributed by atoms with van der Waals surface area (Å²) in [4.78, 5) is 12.7. The lowest BCUT2D eigenvalue weighted by molar-refractivity contribution is -0.139. The Bertz CT molecular complexity index is 122. The first kappa shape index (κ1) is 7.58. The van der Waals surface area contributed by atoms with Gasteiger partial charge in [-0.1, -0.05) is 19.8 Å². The highest BCUT2D eigenvalue weighted by molar-refractivity contribution is 5.81. The fourth-order valence-corrected chi connectivity index (χ4v) is 1.15. The van der Waals surface area contributed by atoms with E-state index in [1.54, 1.807) is 0 Å². The number of rotatable bonds is 4. The molecular weight excluding hydrogens is 126 g/mol. The third-order valence-electron chi connectivity index (χ3n) is 1.98. The molecule has 0 saturated carbocycles. The van der Waals surface area contributed by atoms with E-state index < -0.39 is 0 Å². The van der Waals surface area contributed by atoms with Crippen molar-refractivity contribution in [3.8, 4) is 0 Å². The lowest BCUT2D eigenvalue weighted by Crippen LogP contribution is -2.43. The highest BCUT2D eigenvalue weighted by atomic mass is 16.2. The van der Waals surface area contributed by atoms with Crippen LogP contribution in [0.5, 0.6) is 0 Å². The Kier molecular flexibility index (Phi) is 2.72. The average molecular weight is 141 g/mol. The van der Waals surface area contributed by atoms with Crippen molar-refractivity contribution in [2.45, 2.75) is 32.6 Å². The largest absolute Gasteiger partial charge is 0.342 e. The van der Waals surface area contributed by atoms with Gasteiger partial charge in [0.15, 0.2) is 0 Å². The number of carbonyl (C=O) groups excluding carboxylic acids is 1. The third-order valence-corrected chi connectivity index (χ3v) is 1.98. The van der Waals surface area contributed by atoms with Crippen LogP contribution in [0.1, 0.15) is 32.6 Å². The molecule has 0 N–H and O–H groups in total. The van der Waals surface area contributed by atoms with E-state index in [-0.39, 0.29) is 0 Å². The van der Waals surface area contributed by atoms with Gasteiger partial charge in [0, 0.05) is 19.5 Å². The zero-order valence-electron chi connectivity index (χ0n) is 6.60. The second kappa shape index (κ2) is 3.59. The Morgan fingerprint density at radius 1 is 1.50 bits per heavy atom. The predicted octanol–water partition coefficient (Wildman–Crippen LogP) is 1.41. The minimum absolute atomic E-state index is 0.344. The molecule has 0 spiro atoms. The van der Waals surface area contributed by atoms with Crippen LogP contribution in [0.15, 0.2) is 0 Å². The van der Waals surface area contributed by atoms with E-state index in [0.29, 0.717) is 5.91 Å². The molecule has 0 bridgehead atoms. The average Bonchev–Trinajstić information content (AvgIpc) is 1.95. The number of carbonyl (C=O) groups is 1. The molecule has 1 heterocycles. The smallest absolute Gasteiger partial charge is 0.224 e. The van der Waals surface area contributed by atoms with Crippen LogP contribution in [0.2, 0.25) is 0 Å². The van der Waals surface area contributed by atoms with Gasteiger partial charge in [0.2, 0.25) is 5.91 Å². The second-order valence-corrected chi connectivity index (χ2v) is 2.84. The highest BCUT2D eigenvalue weighted by Gasteiger charge is 2.21. The van der Waals surface area contributed by atoms with Crippen LogP contribution in [-0.4, -0.2) is 23.9 Å². The van der Waals surface area contributed by atoms with Gasteiger partial charge < -0.3 is 4.90 Å². The van der Waals surface area contributed by atoms with Crippen molar-refractivity contribution >= 4 is 5.91 Å². The first-order chi connectivity index (χ1) is 4.84. The zero-order valence-corrected chi connectivity index (χ0v) is 6.60. The molecule has 1 rings (SSSR count). The molecule has 58 valence electrons. The molecule has 0 aliphatic carbocycles. The van der Waals surface area contributed by atoms with Gasteiger partial charge in [-0.2, -0.15) is 0 Å². The molecule has 0 atom stereocenters. The molecule has 0 unspecified atom stereocenters. The van der Waals surface area contributed by atoms with Crippen LogP contribution in [0.3, 0.4) is 0 Å². The Labute approximate surface area is 62.2 Å². The molecule has 1 aliphatic rings. The second-order valence-electron chi connectivity index (χ2n) is 2.84. The van der Waals surface area contributed by atoms with Crippen LogP contribution in [0, 0.1) is 0 Å². The number of amides is 1. The van der Waals surface area contributed by atoms with Crippen LogP contribution < -0.4 is 0 Å². The molecule has 1 aliphatic heterocycles. The molecule has 1 fully saturated rings. The van der Waals surface area contributed by atoms with Gasteiger partial charge >= 0.3 is 0 Å². The van der Waals surface area contributed by atoms with Crippen LogP contribution in [-0.2, 0) is 4.79 Å². The van der Waals surface area contributed by atoms with E-state index >= 15 is 0 Å². The van der Waals surface area contributed by atoms with Crippen molar-refractivity contribution in [2.75, 3.05) is 13.1 Å². The number of β-lactam (4-membered cyclic amide) rings is 1. The summed E-state index contributed by atoms with van der Waals surface area (Å²) in [5, 5.41) is 0. The van der Waals surface area contributed by atoms with Gasteiger partial charge in [-0.3, -0.25) is 4.79 Å². The summed E-state index contributed by atoms with van der Waals surface area (Å²) in [6.07, 6.45) is 4.46. The van der Waals surface area contributed by atoms with E-state index in [4.69, 9.17) is 0 Å². The third kappa shape index (κ3) is 1.72. The fourth-order valence-electron chi connectivity index (χ4n) is 1.15. The maximum Gasteiger partial charge on any atom is 0.224 e. The number of hydrogen-bond donors (Lipinski definition) is 0. The zero-order chi connectivity index (χ0) is 7.40. The molecule has 0 aromatic carbocycles. The Morgan fingerprint density at radius 2 is 2.30 bits per heavy atom. The topological polar surface area (TPSA) is 20.3 Å².